The molecule has 1 fully saturated rings. The van der Waals surface area contributed by atoms with E-state index in [2.05, 4.69) is 12.2 Å². The molecule has 0 saturated heterocycles. The van der Waals surface area contributed by atoms with Gasteiger partial charge in [-0.3, -0.25) is 4.79 Å². The normalized spacial score (nSPS) is 23.6. The van der Waals surface area contributed by atoms with E-state index in [1.807, 2.05) is 0 Å². The van der Waals surface area contributed by atoms with Gasteiger partial charge in [0.1, 0.15) is 5.75 Å². The smallest absolute Gasteiger partial charge is 0.251 e. The van der Waals surface area contributed by atoms with Gasteiger partial charge in [0.05, 0.1) is 5.02 Å². The van der Waals surface area contributed by atoms with E-state index in [0.29, 0.717) is 11.5 Å². The molecule has 1 saturated carbocycles. The van der Waals surface area contributed by atoms with Gasteiger partial charge in [-0.25, -0.2) is 0 Å². The van der Waals surface area contributed by atoms with Gasteiger partial charge in [0.25, 0.3) is 5.91 Å². The fourth-order valence-corrected chi connectivity index (χ4v) is 2.12. The number of hydrogen-bond acceptors (Lipinski definition) is 2. The monoisotopic (exact) mass is 239 g/mol. The molecule has 0 atom stereocenters. The number of aromatic hydroxyl groups is 1. The molecule has 2 rings (SSSR count). The van der Waals surface area contributed by atoms with Gasteiger partial charge in [-0.1, -0.05) is 18.5 Å². The summed E-state index contributed by atoms with van der Waals surface area (Å²) in [7, 11) is 0. The second-order valence-corrected chi connectivity index (χ2v) is 4.82. The van der Waals surface area contributed by atoms with Crippen molar-refractivity contribution in [2.45, 2.75) is 25.8 Å². The molecule has 1 aromatic carbocycles. The molecule has 0 bridgehead atoms. The first-order chi connectivity index (χ1) is 7.56. The van der Waals surface area contributed by atoms with Gasteiger partial charge in [-0.2, -0.15) is 0 Å². The number of rotatable bonds is 2. The van der Waals surface area contributed by atoms with E-state index < -0.39 is 0 Å². The Hall–Kier alpha value is -1.22. The maximum atomic E-state index is 11.8. The van der Waals surface area contributed by atoms with Crippen molar-refractivity contribution in [1.82, 2.24) is 5.32 Å². The number of phenols is 1. The summed E-state index contributed by atoms with van der Waals surface area (Å²) < 4.78 is 0. The van der Waals surface area contributed by atoms with E-state index in [9.17, 15) is 9.90 Å². The molecule has 0 heterocycles. The minimum absolute atomic E-state index is 0.00418. The molecule has 3 nitrogen and oxygen atoms in total. The molecule has 0 radical (unpaired) electrons. The van der Waals surface area contributed by atoms with Gasteiger partial charge >= 0.3 is 0 Å². The fraction of sp³-hybridized carbons (Fsp3) is 0.417. The third-order valence-electron chi connectivity index (χ3n) is 2.92. The van der Waals surface area contributed by atoms with E-state index in [-0.39, 0.29) is 22.7 Å². The van der Waals surface area contributed by atoms with Gasteiger partial charge in [0, 0.05) is 11.6 Å². The first kappa shape index (κ1) is 11.3. The first-order valence-corrected chi connectivity index (χ1v) is 5.73. The Morgan fingerprint density at radius 2 is 2.19 bits per heavy atom. The highest BCUT2D eigenvalue weighted by Crippen LogP contribution is 2.27. The van der Waals surface area contributed by atoms with Gasteiger partial charge in [0.15, 0.2) is 0 Å². The quantitative estimate of drug-likeness (QED) is 0.834. The number of amides is 1. The van der Waals surface area contributed by atoms with Crippen LogP contribution in [0.5, 0.6) is 5.75 Å². The van der Waals surface area contributed by atoms with Crippen molar-refractivity contribution in [2.75, 3.05) is 0 Å². The molecular formula is C12H14ClNO2. The predicted octanol–water partition coefficient (Wildman–Crippen LogP) is 2.57. The fourth-order valence-electron chi connectivity index (χ4n) is 1.94. The van der Waals surface area contributed by atoms with Crippen LogP contribution in [-0.4, -0.2) is 17.1 Å². The van der Waals surface area contributed by atoms with Crippen LogP contribution < -0.4 is 5.32 Å². The van der Waals surface area contributed by atoms with Gasteiger partial charge in [-0.15, -0.1) is 0 Å². The van der Waals surface area contributed by atoms with Crippen LogP contribution in [0.25, 0.3) is 0 Å². The topological polar surface area (TPSA) is 49.3 Å². The molecule has 2 N–H and O–H groups in total. The van der Waals surface area contributed by atoms with Crippen LogP contribution in [-0.2, 0) is 0 Å². The maximum absolute atomic E-state index is 11.8. The summed E-state index contributed by atoms with van der Waals surface area (Å²) >= 11 is 5.74. The number of phenolic OH excluding ortho intramolecular Hbond substituents is 1. The lowest BCUT2D eigenvalue weighted by molar-refractivity contribution is 0.0896. The van der Waals surface area contributed by atoms with E-state index in [1.165, 1.54) is 12.1 Å². The van der Waals surface area contributed by atoms with E-state index in [1.54, 1.807) is 6.07 Å². The van der Waals surface area contributed by atoms with Crippen LogP contribution in [0.4, 0.5) is 0 Å². The molecule has 4 heteroatoms. The van der Waals surface area contributed by atoms with Crippen LogP contribution in [0.15, 0.2) is 18.2 Å². The van der Waals surface area contributed by atoms with Crippen LogP contribution in [0.2, 0.25) is 5.02 Å². The van der Waals surface area contributed by atoms with Crippen molar-refractivity contribution in [1.29, 1.82) is 0 Å². The number of hydrogen-bond donors (Lipinski definition) is 2. The lowest BCUT2D eigenvalue weighted by Gasteiger charge is -2.33. The Bertz CT molecular complexity index is 413. The van der Waals surface area contributed by atoms with Crippen molar-refractivity contribution >= 4 is 17.5 Å². The number of carbonyl (C=O) groups excluding carboxylic acids is 1. The molecular weight excluding hydrogens is 226 g/mol. The summed E-state index contributed by atoms with van der Waals surface area (Å²) in [6.07, 6.45) is 2.08. The summed E-state index contributed by atoms with van der Waals surface area (Å²) in [5, 5.41) is 12.4. The molecule has 1 aliphatic rings. The standard InChI is InChI=1S/C12H14ClNO2/c1-7-4-9(5-7)14-12(16)8-2-3-11(15)10(13)6-8/h2-3,6-7,9,15H,4-5H2,1H3,(H,14,16). The zero-order chi connectivity index (χ0) is 11.7. The zero-order valence-corrected chi connectivity index (χ0v) is 9.79. The van der Waals surface area contributed by atoms with Crippen LogP contribution in [0.1, 0.15) is 30.1 Å². The molecule has 1 aromatic rings. The summed E-state index contributed by atoms with van der Waals surface area (Å²) in [6, 6.07) is 4.77. The SMILES string of the molecule is CC1CC(NC(=O)c2ccc(O)c(Cl)c2)C1. The minimum atomic E-state index is -0.126. The highest BCUT2D eigenvalue weighted by molar-refractivity contribution is 6.32. The lowest BCUT2D eigenvalue weighted by Crippen LogP contribution is -2.43. The van der Waals surface area contributed by atoms with Crippen molar-refractivity contribution in [3.8, 4) is 5.75 Å². The zero-order valence-electron chi connectivity index (χ0n) is 9.03. The molecule has 0 aliphatic heterocycles. The number of halogens is 1. The maximum Gasteiger partial charge on any atom is 0.251 e. The average Bonchev–Trinajstić information content (AvgIpc) is 2.19. The molecule has 1 amide bonds. The van der Waals surface area contributed by atoms with Crippen LogP contribution >= 0.6 is 11.6 Å². The number of nitrogens with one attached hydrogen (secondary N) is 1. The summed E-state index contributed by atoms with van der Waals surface area (Å²) in [6.45, 7) is 2.17. The number of benzene rings is 1. The Morgan fingerprint density at radius 3 is 2.75 bits per heavy atom. The van der Waals surface area contributed by atoms with Gasteiger partial charge in [-0.05, 0) is 37.0 Å². The minimum Gasteiger partial charge on any atom is -0.506 e. The second kappa shape index (κ2) is 4.34. The molecule has 1 aliphatic carbocycles. The third-order valence-corrected chi connectivity index (χ3v) is 3.22. The average molecular weight is 240 g/mol. The van der Waals surface area contributed by atoms with E-state index in [4.69, 9.17) is 11.6 Å². The van der Waals surface area contributed by atoms with E-state index in [0.717, 1.165) is 12.8 Å². The van der Waals surface area contributed by atoms with Crippen molar-refractivity contribution in [3.05, 3.63) is 28.8 Å². The highest BCUT2D eigenvalue weighted by Gasteiger charge is 2.26. The molecule has 0 spiro atoms. The Balaban J connectivity index is 2.01. The third kappa shape index (κ3) is 2.30. The number of carbonyl (C=O) groups is 1. The van der Waals surface area contributed by atoms with E-state index >= 15 is 0 Å². The molecule has 16 heavy (non-hydrogen) atoms. The Morgan fingerprint density at radius 1 is 1.50 bits per heavy atom. The van der Waals surface area contributed by atoms with Crippen molar-refractivity contribution in [2.24, 2.45) is 5.92 Å². The highest BCUT2D eigenvalue weighted by atomic mass is 35.5. The van der Waals surface area contributed by atoms with Crippen LogP contribution in [0, 0.1) is 5.92 Å². The Labute approximate surface area is 99.4 Å². The van der Waals surface area contributed by atoms with Crippen molar-refractivity contribution in [3.63, 3.8) is 0 Å². The lowest BCUT2D eigenvalue weighted by atomic mass is 9.82. The van der Waals surface area contributed by atoms with Gasteiger partial charge in [0.2, 0.25) is 0 Å². The Kier molecular flexibility index (Phi) is 3.06. The summed E-state index contributed by atoms with van der Waals surface area (Å²) in [4.78, 5) is 11.8. The largest absolute Gasteiger partial charge is 0.506 e. The van der Waals surface area contributed by atoms with Crippen molar-refractivity contribution < 1.29 is 9.90 Å². The molecule has 86 valence electrons. The van der Waals surface area contributed by atoms with Crippen LogP contribution in [0.3, 0.4) is 0 Å². The van der Waals surface area contributed by atoms with Gasteiger partial charge < -0.3 is 10.4 Å². The molecule has 0 aromatic heterocycles. The predicted molar refractivity (Wildman–Crippen MR) is 62.8 cm³/mol. The second-order valence-electron chi connectivity index (χ2n) is 4.41. The molecule has 0 unspecified atom stereocenters. The summed E-state index contributed by atoms with van der Waals surface area (Å²) in [5.41, 5.74) is 0.488. The summed E-state index contributed by atoms with van der Waals surface area (Å²) in [5.74, 6) is 0.572. The first-order valence-electron chi connectivity index (χ1n) is 5.35.